The van der Waals surface area contributed by atoms with Crippen molar-refractivity contribution in [2.75, 3.05) is 44.2 Å². The average molecular weight is 357 g/mol. The molecule has 0 atom stereocenters. The van der Waals surface area contributed by atoms with E-state index in [2.05, 4.69) is 34.6 Å². The zero-order valence-corrected chi connectivity index (χ0v) is 15.3. The van der Waals surface area contributed by atoms with Crippen molar-refractivity contribution in [1.82, 2.24) is 29.7 Å². The minimum absolute atomic E-state index is 0.127. The number of nitrogens with zero attached hydrogens (tertiary/aromatic N) is 6. The lowest BCUT2D eigenvalue weighted by molar-refractivity contribution is -0.121. The summed E-state index contributed by atoms with van der Waals surface area (Å²) in [6.07, 6.45) is 8.50. The van der Waals surface area contributed by atoms with Gasteiger partial charge in [0, 0.05) is 70.8 Å². The minimum Gasteiger partial charge on any atom is -0.355 e. The van der Waals surface area contributed by atoms with Crippen molar-refractivity contribution in [3.8, 4) is 0 Å². The second-order valence-electron chi connectivity index (χ2n) is 6.52. The topological polar surface area (TPSA) is 79.2 Å². The van der Waals surface area contributed by atoms with Gasteiger partial charge in [-0.15, -0.1) is 0 Å². The third kappa shape index (κ3) is 5.26. The van der Waals surface area contributed by atoms with Crippen molar-refractivity contribution in [1.29, 1.82) is 0 Å². The molecule has 8 nitrogen and oxygen atoms in total. The Morgan fingerprint density at radius 1 is 1.15 bits per heavy atom. The molecule has 0 bridgehead atoms. The van der Waals surface area contributed by atoms with E-state index in [1.165, 1.54) is 0 Å². The van der Waals surface area contributed by atoms with Gasteiger partial charge in [0.25, 0.3) is 0 Å². The summed E-state index contributed by atoms with van der Waals surface area (Å²) in [5.41, 5.74) is 0. The van der Waals surface area contributed by atoms with Crippen molar-refractivity contribution < 1.29 is 4.79 Å². The number of imidazole rings is 1. The zero-order valence-electron chi connectivity index (χ0n) is 15.3. The maximum atomic E-state index is 12.0. The summed E-state index contributed by atoms with van der Waals surface area (Å²) in [7, 11) is 0. The Labute approximate surface area is 154 Å². The normalized spacial score (nSPS) is 15.2. The Morgan fingerprint density at radius 2 is 2.00 bits per heavy atom. The highest BCUT2D eigenvalue weighted by atomic mass is 16.1. The van der Waals surface area contributed by atoms with Gasteiger partial charge in [-0.25, -0.2) is 15.0 Å². The molecule has 3 heterocycles. The fraction of sp³-hybridized carbons (Fsp3) is 0.556. The smallest absolute Gasteiger partial charge is 0.220 e. The van der Waals surface area contributed by atoms with E-state index < -0.39 is 0 Å². The van der Waals surface area contributed by atoms with E-state index in [9.17, 15) is 4.79 Å². The molecule has 8 heteroatoms. The number of hydrogen-bond acceptors (Lipinski definition) is 6. The van der Waals surface area contributed by atoms with Gasteiger partial charge in [0.05, 0.1) is 0 Å². The number of hydrogen-bond donors (Lipinski definition) is 1. The maximum absolute atomic E-state index is 12.0. The maximum Gasteiger partial charge on any atom is 0.220 e. The van der Waals surface area contributed by atoms with Gasteiger partial charge in [0.15, 0.2) is 0 Å². The van der Waals surface area contributed by atoms with Crippen LogP contribution in [0.4, 0.5) is 5.82 Å². The number of anilines is 1. The average Bonchev–Trinajstić information content (AvgIpc) is 3.08. The van der Waals surface area contributed by atoms with Crippen LogP contribution in [-0.2, 0) is 11.3 Å². The highest BCUT2D eigenvalue weighted by molar-refractivity contribution is 5.75. The standard InChI is InChI=1S/C18H27N7O/c1-16-20-7-10-24(16)8-2-3-18(26)21-6-9-23-11-13-25(14-12-23)17-4-5-19-15-22-17/h4-5,7,10,15H,2-3,6,8-9,11-14H2,1H3,(H,21,26). The molecule has 1 fully saturated rings. The van der Waals surface area contributed by atoms with Gasteiger partial charge in [0.1, 0.15) is 18.0 Å². The number of aromatic nitrogens is 4. The van der Waals surface area contributed by atoms with Crippen molar-refractivity contribution in [2.24, 2.45) is 0 Å². The van der Waals surface area contributed by atoms with Gasteiger partial charge < -0.3 is 14.8 Å². The van der Waals surface area contributed by atoms with Gasteiger partial charge in [-0.05, 0) is 19.4 Å². The first-order chi connectivity index (χ1) is 12.7. The van der Waals surface area contributed by atoms with Crippen LogP contribution >= 0.6 is 0 Å². The first-order valence-corrected chi connectivity index (χ1v) is 9.20. The van der Waals surface area contributed by atoms with Crippen LogP contribution in [0.5, 0.6) is 0 Å². The van der Waals surface area contributed by atoms with E-state index in [-0.39, 0.29) is 5.91 Å². The molecule has 2 aromatic rings. The molecule has 0 saturated carbocycles. The van der Waals surface area contributed by atoms with Gasteiger partial charge in [-0.3, -0.25) is 9.69 Å². The highest BCUT2D eigenvalue weighted by Crippen LogP contribution is 2.11. The summed E-state index contributed by atoms with van der Waals surface area (Å²) < 4.78 is 2.07. The number of amides is 1. The third-order valence-corrected chi connectivity index (χ3v) is 4.74. The molecule has 1 N–H and O–H groups in total. The number of piperazine rings is 1. The van der Waals surface area contributed by atoms with E-state index >= 15 is 0 Å². The molecule has 1 aliphatic rings. The molecule has 1 aliphatic heterocycles. The molecule has 0 aromatic carbocycles. The van der Waals surface area contributed by atoms with Crippen LogP contribution in [0.3, 0.4) is 0 Å². The van der Waals surface area contributed by atoms with Gasteiger partial charge in [-0.1, -0.05) is 0 Å². The molecule has 2 aromatic heterocycles. The van der Waals surface area contributed by atoms with Crippen LogP contribution < -0.4 is 10.2 Å². The molecule has 26 heavy (non-hydrogen) atoms. The Morgan fingerprint density at radius 3 is 2.69 bits per heavy atom. The van der Waals surface area contributed by atoms with Crippen LogP contribution in [0.25, 0.3) is 0 Å². The monoisotopic (exact) mass is 357 g/mol. The number of carbonyl (C=O) groups excluding carboxylic acids is 1. The molecule has 1 amide bonds. The molecule has 1 saturated heterocycles. The van der Waals surface area contributed by atoms with E-state index in [1.54, 1.807) is 18.7 Å². The Hall–Kier alpha value is -2.48. The molecular weight excluding hydrogens is 330 g/mol. The first-order valence-electron chi connectivity index (χ1n) is 9.20. The minimum atomic E-state index is 0.127. The summed E-state index contributed by atoms with van der Waals surface area (Å²) in [5.74, 6) is 2.11. The lowest BCUT2D eigenvalue weighted by atomic mass is 10.3. The van der Waals surface area contributed by atoms with E-state index in [1.807, 2.05) is 19.2 Å². The van der Waals surface area contributed by atoms with Crippen molar-refractivity contribution in [3.05, 3.63) is 36.8 Å². The Kier molecular flexibility index (Phi) is 6.54. The molecule has 3 rings (SSSR count). The summed E-state index contributed by atoms with van der Waals surface area (Å²) in [6, 6.07) is 1.95. The molecular formula is C18H27N7O. The fourth-order valence-corrected chi connectivity index (χ4v) is 3.16. The highest BCUT2D eigenvalue weighted by Gasteiger charge is 2.17. The second-order valence-corrected chi connectivity index (χ2v) is 6.52. The van der Waals surface area contributed by atoms with Crippen molar-refractivity contribution in [3.63, 3.8) is 0 Å². The number of aryl methyl sites for hydroxylation is 2. The van der Waals surface area contributed by atoms with Gasteiger partial charge >= 0.3 is 0 Å². The van der Waals surface area contributed by atoms with E-state index in [0.29, 0.717) is 13.0 Å². The molecule has 0 radical (unpaired) electrons. The largest absolute Gasteiger partial charge is 0.355 e. The summed E-state index contributed by atoms with van der Waals surface area (Å²) >= 11 is 0. The van der Waals surface area contributed by atoms with Gasteiger partial charge in [-0.2, -0.15) is 0 Å². The molecule has 0 unspecified atom stereocenters. The molecule has 0 aliphatic carbocycles. The van der Waals surface area contributed by atoms with Crippen LogP contribution in [-0.4, -0.2) is 69.6 Å². The number of rotatable bonds is 8. The predicted molar refractivity (Wildman–Crippen MR) is 99.9 cm³/mol. The third-order valence-electron chi connectivity index (χ3n) is 4.74. The Balaban J connectivity index is 1.27. The SMILES string of the molecule is Cc1nccn1CCCC(=O)NCCN1CCN(c2ccncn2)CC1. The lowest BCUT2D eigenvalue weighted by Gasteiger charge is -2.35. The molecule has 140 valence electrons. The Bertz CT molecular complexity index is 680. The van der Waals surface area contributed by atoms with Crippen LogP contribution in [0.1, 0.15) is 18.7 Å². The van der Waals surface area contributed by atoms with E-state index in [4.69, 9.17) is 0 Å². The van der Waals surface area contributed by atoms with Crippen molar-refractivity contribution in [2.45, 2.75) is 26.3 Å². The summed E-state index contributed by atoms with van der Waals surface area (Å²) in [4.78, 5) is 29.1. The fourth-order valence-electron chi connectivity index (χ4n) is 3.16. The number of nitrogens with one attached hydrogen (secondary N) is 1. The predicted octanol–water partition coefficient (Wildman–Crippen LogP) is 0.700. The first kappa shape index (κ1) is 18.3. The quantitative estimate of drug-likeness (QED) is 0.749. The lowest BCUT2D eigenvalue weighted by Crippen LogP contribution is -2.48. The zero-order chi connectivity index (χ0) is 18.2. The van der Waals surface area contributed by atoms with Gasteiger partial charge in [0.2, 0.25) is 5.91 Å². The van der Waals surface area contributed by atoms with Crippen LogP contribution in [0, 0.1) is 6.92 Å². The van der Waals surface area contributed by atoms with Crippen LogP contribution in [0.15, 0.2) is 31.0 Å². The summed E-state index contributed by atoms with van der Waals surface area (Å²) in [6.45, 7) is 8.29. The van der Waals surface area contributed by atoms with E-state index in [0.717, 1.165) is 57.3 Å². The van der Waals surface area contributed by atoms with Crippen molar-refractivity contribution >= 4 is 11.7 Å². The summed E-state index contributed by atoms with van der Waals surface area (Å²) in [5, 5.41) is 3.03. The number of carbonyl (C=O) groups is 1. The molecule has 0 spiro atoms. The van der Waals surface area contributed by atoms with Crippen LogP contribution in [0.2, 0.25) is 0 Å². The second kappa shape index (κ2) is 9.28.